The molecule has 55 heteroatoms. The zero-order chi connectivity index (χ0) is 115. The van der Waals surface area contributed by atoms with Crippen molar-refractivity contribution in [1.82, 2.24) is 5.48 Å². The number of carbonyl (C=O) groups excluding carboxylic acids is 4. The summed E-state index contributed by atoms with van der Waals surface area (Å²) in [5.74, 6) is -20.5. The largest absolute Gasteiger partial charge is 0.504 e. The number of oxime groups is 4. The lowest BCUT2D eigenvalue weighted by atomic mass is 10.1. The molecule has 0 amide bonds. The molecule has 0 unspecified atom stereocenters. The summed E-state index contributed by atoms with van der Waals surface area (Å²) in [5, 5.41) is 405. The van der Waals surface area contributed by atoms with Crippen LogP contribution in [0.1, 0.15) is 163 Å². The minimum absolute atomic E-state index is 0. The van der Waals surface area contributed by atoms with Crippen molar-refractivity contribution in [2.24, 2.45) is 26.4 Å². The number of carbonyl (C=O) groups is 4. The number of phenolic OH excluding ortho intramolecular Hbond substituents is 36. The summed E-state index contributed by atoms with van der Waals surface area (Å²) in [6, 6.07) is 27.4. The fourth-order valence-corrected chi connectivity index (χ4v) is 9.95. The van der Waals surface area contributed by atoms with Gasteiger partial charge >= 0.3 is 0 Å². The average molecular weight is 2110 g/mol. The molecule has 0 atom stereocenters. The molecule has 0 radical (unpaired) electrons. The predicted octanol–water partition coefficient (Wildman–Crippen LogP) is 11.2. The molecule has 0 saturated carbocycles. The molecule has 12 rings (SSSR count). The third-order valence-electron chi connectivity index (χ3n) is 18.2. The molecular formula is C95H106N10O45. The van der Waals surface area contributed by atoms with E-state index in [1.165, 1.54) is 148 Å². The molecule has 150 heavy (non-hydrogen) atoms. The average Bonchev–Trinajstić information content (AvgIpc) is 0.833. The van der Waals surface area contributed by atoms with Gasteiger partial charge in [0.1, 0.15) is 0 Å². The second-order valence-electron chi connectivity index (χ2n) is 29.5. The van der Waals surface area contributed by atoms with Crippen LogP contribution in [0.2, 0.25) is 0 Å². The Balaban J connectivity index is 0.00000161. The fourth-order valence-electron chi connectivity index (χ4n) is 9.95. The summed E-state index contributed by atoms with van der Waals surface area (Å²) >= 11 is 0. The number of ketones is 4. The molecule has 55 nitrogen and oxygen atoms in total. The Morgan fingerprint density at radius 1 is 0.193 bits per heavy atom. The van der Waals surface area contributed by atoms with Gasteiger partial charge in [-0.05, 0) is 215 Å². The van der Waals surface area contributed by atoms with Crippen LogP contribution in [0.4, 0.5) is 0 Å². The Labute approximate surface area is 844 Å². The van der Waals surface area contributed by atoms with Crippen LogP contribution in [-0.2, 0) is 0 Å². The quantitative estimate of drug-likeness (QED) is 0.0135. The summed E-state index contributed by atoms with van der Waals surface area (Å²) in [6.45, 7) is 14.2. The monoisotopic (exact) mass is 2110 g/mol. The van der Waals surface area contributed by atoms with Gasteiger partial charge in [0.05, 0.1) is 11.4 Å². The van der Waals surface area contributed by atoms with Crippen molar-refractivity contribution in [1.29, 1.82) is 21.6 Å². The number of aromatic hydroxyl groups is 36. The molecule has 0 bridgehead atoms. The number of hydrogen-bond acceptors (Lipinski definition) is 53. The molecule has 0 aromatic heterocycles. The van der Waals surface area contributed by atoms with Crippen LogP contribution < -0.4 is 11.2 Å². The zero-order valence-electron chi connectivity index (χ0n) is 78.7. The van der Waals surface area contributed by atoms with Gasteiger partial charge in [-0.2, -0.15) is 0 Å². The van der Waals surface area contributed by atoms with E-state index < -0.39 is 207 Å². The van der Waals surface area contributed by atoms with E-state index in [1.54, 1.807) is 0 Å². The number of Topliss-reactive ketones (excluding diaryl/α,β-unsaturated/α-hetero) is 4. The Bertz CT molecular complexity index is 5830. The van der Waals surface area contributed by atoms with Crippen molar-refractivity contribution < 1.29 is 229 Å². The molecule has 0 spiro atoms. The highest BCUT2D eigenvalue weighted by atomic mass is 16.5. The van der Waals surface area contributed by atoms with Crippen LogP contribution in [0.3, 0.4) is 0 Å². The van der Waals surface area contributed by atoms with E-state index in [0.717, 1.165) is 72.8 Å². The third kappa shape index (κ3) is 38.0. The lowest BCUT2D eigenvalue weighted by Gasteiger charge is -2.05. The van der Waals surface area contributed by atoms with Crippen molar-refractivity contribution in [3.63, 3.8) is 0 Å². The predicted molar refractivity (Wildman–Crippen MR) is 528 cm³/mol. The van der Waals surface area contributed by atoms with E-state index in [9.17, 15) is 19.2 Å². The standard InChI is InChI=1S/2C8H9NO4.4C8H9NO3.4C8H8O4.C7H8N2O5.C7H8N2O4.CH4/c2*1-4(9-13)5-2-6(10)8(12)7(11)3-5;8*1-4(9)5-2-6(10)8(12)7(11)3-5;10-4-1-3(7(8-13)9-14)2-5(11)6(4)12;8-7(9-13)3-1-4(10)6(12)5(11)2-3;/h2*2-3,10-13H,1H3;4*2-3,9-12H,1H3;4*2-3,10-12H,1H3;1-2,10-14H,(H,8,9);1-2,10-13H,(H2,8,9);1H4/b2*9-4-;;;;;;;;;;;. The highest BCUT2D eigenvalue weighted by molar-refractivity contribution is 6.04. The van der Waals surface area contributed by atoms with Gasteiger partial charge in [0.15, 0.2) is 242 Å². The maximum absolute atomic E-state index is 10.8. The van der Waals surface area contributed by atoms with Gasteiger partial charge in [0.25, 0.3) is 0 Å². The first-order valence-electron chi connectivity index (χ1n) is 40.2. The van der Waals surface area contributed by atoms with Gasteiger partial charge < -0.3 is 232 Å². The molecule has 48 N–H and O–H groups in total. The fraction of sp³-hybridized carbons (Fsp3) is 0.116. The van der Waals surface area contributed by atoms with Gasteiger partial charge in [-0.1, -0.05) is 28.0 Å². The van der Waals surface area contributed by atoms with Crippen molar-refractivity contribution >= 4 is 69.1 Å². The number of nitrogens with one attached hydrogen (secondary N) is 5. The highest BCUT2D eigenvalue weighted by Crippen LogP contribution is 2.45. The van der Waals surface area contributed by atoms with Crippen LogP contribution in [-0.4, -0.2) is 279 Å². The zero-order valence-corrected chi connectivity index (χ0v) is 78.7. The maximum atomic E-state index is 10.8. The van der Waals surface area contributed by atoms with Gasteiger partial charge in [0, 0.05) is 89.6 Å². The smallest absolute Gasteiger partial charge is 0.200 e. The third-order valence-corrected chi connectivity index (χ3v) is 18.2. The first-order chi connectivity index (χ1) is 68.9. The van der Waals surface area contributed by atoms with Crippen molar-refractivity contribution in [2.75, 3.05) is 0 Å². The lowest BCUT2D eigenvalue weighted by molar-refractivity contribution is 0.100. The van der Waals surface area contributed by atoms with Crippen LogP contribution in [0.25, 0.3) is 0 Å². The molecule has 12 aromatic carbocycles. The number of nitrogens with zero attached hydrogens (tertiary/aromatic N) is 4. The van der Waals surface area contributed by atoms with Crippen LogP contribution in [0, 0.1) is 21.6 Å². The van der Waals surface area contributed by atoms with Crippen molar-refractivity contribution in [3.05, 3.63) is 212 Å². The van der Waals surface area contributed by atoms with Crippen molar-refractivity contribution in [2.45, 2.75) is 76.7 Å². The molecule has 0 fully saturated rings. The topological polar surface area (TPSA) is 1080 Å². The van der Waals surface area contributed by atoms with E-state index in [2.05, 4.69) is 20.6 Å². The molecular weight excluding hydrogens is 2000 g/mol. The summed E-state index contributed by atoms with van der Waals surface area (Å²) in [7, 11) is 0. The number of rotatable bonds is 12. The van der Waals surface area contributed by atoms with Crippen LogP contribution in [0.5, 0.6) is 207 Å². The Morgan fingerprint density at radius 3 is 0.407 bits per heavy atom. The molecule has 0 aliphatic rings. The first kappa shape index (κ1) is 128. The second kappa shape index (κ2) is 57.8. The summed E-state index contributed by atoms with van der Waals surface area (Å²) in [4.78, 5) is 43.0. The highest BCUT2D eigenvalue weighted by Gasteiger charge is 2.21. The number of hydroxylamine groups is 1. The number of phenols is 36. The van der Waals surface area contributed by atoms with E-state index in [0.29, 0.717) is 33.4 Å². The Kier molecular flexibility index (Phi) is 49.4. The van der Waals surface area contributed by atoms with Crippen LogP contribution >= 0.6 is 0 Å². The summed E-state index contributed by atoms with van der Waals surface area (Å²) in [6.07, 6.45) is 0. The lowest BCUT2D eigenvalue weighted by Crippen LogP contribution is -2.19. The number of nitrogens with two attached hydrogens (primary N) is 1. The molecule has 12 aromatic rings. The molecule has 0 heterocycles. The maximum Gasteiger partial charge on any atom is 0.200 e. The minimum Gasteiger partial charge on any atom is -0.504 e. The molecule has 0 aliphatic carbocycles. The molecule has 806 valence electrons. The first-order valence-corrected chi connectivity index (χ1v) is 40.2. The molecule has 0 aliphatic heterocycles. The number of hydrogen-bond donors (Lipinski definition) is 47. The Morgan fingerprint density at radius 2 is 0.307 bits per heavy atom. The second-order valence-corrected chi connectivity index (χ2v) is 29.5. The van der Waals surface area contributed by atoms with E-state index in [-0.39, 0.29) is 110 Å². The van der Waals surface area contributed by atoms with E-state index in [1.807, 2.05) is 0 Å². The number of amidine groups is 2. The summed E-state index contributed by atoms with van der Waals surface area (Å²) < 4.78 is 0. The Hall–Kier alpha value is -21.8. The van der Waals surface area contributed by atoms with Crippen molar-refractivity contribution in [3.8, 4) is 207 Å². The van der Waals surface area contributed by atoms with Crippen LogP contribution in [0.15, 0.2) is 166 Å². The summed E-state index contributed by atoms with van der Waals surface area (Å²) in [5.41, 5.74) is 10.9. The van der Waals surface area contributed by atoms with E-state index >= 15 is 0 Å². The van der Waals surface area contributed by atoms with Gasteiger partial charge in [-0.15, -0.1) is 0 Å². The van der Waals surface area contributed by atoms with Gasteiger partial charge in [0.2, 0.25) is 0 Å². The SMILES string of the molecule is C.C/C(=N/O)c1cc(O)c(O)c(O)c1.C/C(=N/O)c1cc(O)c(O)c(O)c1.CC(=N)c1cc(O)c(O)c(O)c1.CC(=N)c1cc(O)c(O)c(O)c1.CC(=N)c1cc(O)c(O)c(O)c1.CC(=N)c1cc(O)c(O)c(O)c1.CC(=O)c1cc(O)c(O)c(O)c1.CC(=O)c1cc(O)c(O)c(O)c1.CC(=O)c1cc(O)c(O)c(O)c1.CC(=O)c1cc(O)c(O)c(O)c1.N/C(=N/O)c1cc(O)c(O)c(O)c1.O/N=C(/NO)c1cc(O)c(O)c(O)c1. The van der Waals surface area contributed by atoms with Gasteiger partial charge in [-0.3, -0.25) is 24.4 Å². The number of benzene rings is 12. The molecule has 0 saturated heterocycles. The van der Waals surface area contributed by atoms with E-state index in [4.69, 9.17) is 237 Å². The minimum atomic E-state index is -0.691. The normalized spacial score (nSPS) is 10.3. The van der Waals surface area contributed by atoms with Gasteiger partial charge in [-0.25, -0.2) is 5.48 Å².